The topological polar surface area (TPSA) is 38.3 Å². The van der Waals surface area contributed by atoms with Gasteiger partial charge in [0.25, 0.3) is 0 Å². The first kappa shape index (κ1) is 13.5. The molecular weight excluding hydrogens is 202 g/mol. The number of carbonyl (C=O) groups is 1. The van der Waals surface area contributed by atoms with Crippen molar-refractivity contribution in [2.75, 3.05) is 6.61 Å². The average molecular weight is 227 g/mol. The van der Waals surface area contributed by atoms with Crippen molar-refractivity contribution < 1.29 is 9.53 Å². The molecule has 0 aromatic heterocycles. The molecule has 1 fully saturated rings. The third-order valence-electron chi connectivity index (χ3n) is 3.47. The summed E-state index contributed by atoms with van der Waals surface area (Å²) in [5.41, 5.74) is 0. The molecule has 16 heavy (non-hydrogen) atoms. The highest BCUT2D eigenvalue weighted by Gasteiger charge is 2.24. The Labute approximate surface area is 98.9 Å². The van der Waals surface area contributed by atoms with E-state index in [1.165, 1.54) is 32.1 Å². The van der Waals surface area contributed by atoms with E-state index in [0.29, 0.717) is 18.6 Å². The van der Waals surface area contributed by atoms with Crippen molar-refractivity contribution in [2.45, 2.75) is 65.0 Å². The Morgan fingerprint density at radius 1 is 1.38 bits per heavy atom. The third kappa shape index (κ3) is 4.12. The molecule has 3 nitrogen and oxygen atoms in total. The predicted molar refractivity (Wildman–Crippen MR) is 65.3 cm³/mol. The highest BCUT2D eigenvalue weighted by molar-refractivity contribution is 5.75. The quantitative estimate of drug-likeness (QED) is 0.592. The van der Waals surface area contributed by atoms with E-state index in [0.717, 1.165) is 0 Å². The van der Waals surface area contributed by atoms with Crippen molar-refractivity contribution in [3.8, 4) is 0 Å². The first-order chi connectivity index (χ1) is 7.65. The number of esters is 1. The van der Waals surface area contributed by atoms with Crippen molar-refractivity contribution in [1.82, 2.24) is 5.32 Å². The fourth-order valence-electron chi connectivity index (χ4n) is 2.40. The predicted octanol–water partition coefficient (Wildman–Crippen LogP) is 2.50. The fourth-order valence-corrected chi connectivity index (χ4v) is 2.40. The number of hydrogen-bond acceptors (Lipinski definition) is 3. The molecule has 94 valence electrons. The van der Waals surface area contributed by atoms with Gasteiger partial charge in [0, 0.05) is 6.04 Å². The minimum atomic E-state index is -0.175. The third-order valence-corrected chi connectivity index (χ3v) is 3.47. The number of ether oxygens (including phenoxy) is 1. The summed E-state index contributed by atoms with van der Waals surface area (Å²) < 4.78 is 5.01. The summed E-state index contributed by atoms with van der Waals surface area (Å²) in [5, 5.41) is 3.42. The van der Waals surface area contributed by atoms with Crippen molar-refractivity contribution in [1.29, 1.82) is 0 Å². The standard InChI is InChI=1S/C13H25NO2/c1-4-16-13(15)11(3)14-12-9-7-5-6-8-10(12)2/h10-12,14H,4-9H2,1-3H3. The molecule has 0 amide bonds. The average Bonchev–Trinajstić information content (AvgIpc) is 2.45. The molecule has 1 saturated carbocycles. The maximum atomic E-state index is 11.5. The van der Waals surface area contributed by atoms with Gasteiger partial charge in [-0.15, -0.1) is 0 Å². The smallest absolute Gasteiger partial charge is 0.322 e. The van der Waals surface area contributed by atoms with Crippen LogP contribution in [0, 0.1) is 5.92 Å². The van der Waals surface area contributed by atoms with Crippen molar-refractivity contribution in [3.05, 3.63) is 0 Å². The number of hydrogen-bond donors (Lipinski definition) is 1. The Kier molecular flexibility index (Phi) is 5.81. The molecule has 0 heterocycles. The lowest BCUT2D eigenvalue weighted by Gasteiger charge is -2.25. The molecule has 1 aliphatic carbocycles. The molecule has 0 saturated heterocycles. The van der Waals surface area contributed by atoms with E-state index in [1.54, 1.807) is 0 Å². The zero-order valence-electron chi connectivity index (χ0n) is 10.8. The van der Waals surface area contributed by atoms with Crippen LogP contribution in [0.2, 0.25) is 0 Å². The van der Waals surface area contributed by atoms with Gasteiger partial charge >= 0.3 is 5.97 Å². The van der Waals surface area contributed by atoms with Crippen LogP contribution in [0.3, 0.4) is 0 Å². The van der Waals surface area contributed by atoms with E-state index >= 15 is 0 Å². The summed E-state index contributed by atoms with van der Waals surface area (Å²) in [6, 6.07) is 0.299. The summed E-state index contributed by atoms with van der Waals surface area (Å²) in [7, 11) is 0. The molecular formula is C13H25NO2. The minimum Gasteiger partial charge on any atom is -0.465 e. The van der Waals surface area contributed by atoms with Gasteiger partial charge in [0.05, 0.1) is 6.61 Å². The number of rotatable bonds is 4. The van der Waals surface area contributed by atoms with Gasteiger partial charge in [-0.2, -0.15) is 0 Å². The normalized spacial score (nSPS) is 28.2. The van der Waals surface area contributed by atoms with Crippen molar-refractivity contribution >= 4 is 5.97 Å². The van der Waals surface area contributed by atoms with Gasteiger partial charge in [-0.1, -0.05) is 26.2 Å². The zero-order chi connectivity index (χ0) is 12.0. The lowest BCUT2D eigenvalue weighted by molar-refractivity contribution is -0.145. The van der Waals surface area contributed by atoms with Crippen LogP contribution in [-0.2, 0) is 9.53 Å². The van der Waals surface area contributed by atoms with Gasteiger partial charge in [0.1, 0.15) is 6.04 Å². The Balaban J connectivity index is 2.41. The summed E-state index contributed by atoms with van der Waals surface area (Å²) >= 11 is 0. The van der Waals surface area contributed by atoms with Crippen LogP contribution in [-0.4, -0.2) is 24.7 Å². The van der Waals surface area contributed by atoms with Gasteiger partial charge in [-0.25, -0.2) is 0 Å². The van der Waals surface area contributed by atoms with Crippen molar-refractivity contribution in [2.24, 2.45) is 5.92 Å². The summed E-state index contributed by atoms with van der Waals surface area (Å²) in [6.07, 6.45) is 6.39. The van der Waals surface area contributed by atoms with Crippen molar-refractivity contribution in [3.63, 3.8) is 0 Å². The van der Waals surface area contributed by atoms with Crippen LogP contribution in [0.5, 0.6) is 0 Å². The molecule has 0 spiro atoms. The molecule has 0 aromatic carbocycles. The first-order valence-electron chi connectivity index (χ1n) is 6.57. The van der Waals surface area contributed by atoms with Gasteiger partial charge in [-0.05, 0) is 32.6 Å². The number of nitrogens with one attached hydrogen (secondary N) is 1. The lowest BCUT2D eigenvalue weighted by atomic mass is 9.96. The van der Waals surface area contributed by atoms with Crippen LogP contribution in [0.15, 0.2) is 0 Å². The highest BCUT2D eigenvalue weighted by atomic mass is 16.5. The van der Waals surface area contributed by atoms with E-state index in [4.69, 9.17) is 4.74 Å². The number of carbonyl (C=O) groups excluding carboxylic acids is 1. The molecule has 3 atom stereocenters. The van der Waals surface area contributed by atoms with E-state index in [1.807, 2.05) is 13.8 Å². The molecule has 0 bridgehead atoms. The second-order valence-corrected chi connectivity index (χ2v) is 4.86. The van der Waals surface area contributed by atoms with Gasteiger partial charge in [0.15, 0.2) is 0 Å². The summed E-state index contributed by atoms with van der Waals surface area (Å²) in [4.78, 5) is 11.5. The van der Waals surface area contributed by atoms with Crippen LogP contribution < -0.4 is 5.32 Å². The van der Waals surface area contributed by atoms with Gasteiger partial charge in [-0.3, -0.25) is 4.79 Å². The summed E-state index contributed by atoms with van der Waals surface area (Å²) in [5.74, 6) is 0.540. The van der Waals surface area contributed by atoms with E-state index < -0.39 is 0 Å². The van der Waals surface area contributed by atoms with Crippen LogP contribution in [0.25, 0.3) is 0 Å². The van der Waals surface area contributed by atoms with Crippen LogP contribution in [0.4, 0.5) is 0 Å². The fraction of sp³-hybridized carbons (Fsp3) is 0.923. The van der Waals surface area contributed by atoms with E-state index in [-0.39, 0.29) is 12.0 Å². The maximum Gasteiger partial charge on any atom is 0.322 e. The maximum absolute atomic E-state index is 11.5. The monoisotopic (exact) mass is 227 g/mol. The lowest BCUT2D eigenvalue weighted by Crippen LogP contribution is -2.44. The Morgan fingerprint density at radius 3 is 2.75 bits per heavy atom. The Morgan fingerprint density at radius 2 is 2.06 bits per heavy atom. The molecule has 3 unspecified atom stereocenters. The van der Waals surface area contributed by atoms with Crippen LogP contribution >= 0.6 is 0 Å². The molecule has 3 heteroatoms. The first-order valence-corrected chi connectivity index (χ1v) is 6.57. The van der Waals surface area contributed by atoms with Gasteiger partial charge < -0.3 is 10.1 Å². The van der Waals surface area contributed by atoms with E-state index in [9.17, 15) is 4.79 Å². The van der Waals surface area contributed by atoms with Gasteiger partial charge in [0.2, 0.25) is 0 Å². The second kappa shape index (κ2) is 6.89. The molecule has 1 rings (SSSR count). The second-order valence-electron chi connectivity index (χ2n) is 4.86. The molecule has 1 aliphatic rings. The SMILES string of the molecule is CCOC(=O)C(C)NC1CCCCCC1C. The molecule has 0 radical (unpaired) electrons. The minimum absolute atomic E-state index is 0.126. The zero-order valence-corrected chi connectivity index (χ0v) is 10.8. The van der Waals surface area contributed by atoms with Crippen LogP contribution in [0.1, 0.15) is 52.9 Å². The molecule has 0 aliphatic heterocycles. The summed E-state index contributed by atoms with van der Waals surface area (Å²) in [6.45, 7) is 6.49. The highest BCUT2D eigenvalue weighted by Crippen LogP contribution is 2.23. The molecule has 0 aromatic rings. The molecule has 1 N–H and O–H groups in total. The Bertz CT molecular complexity index is 218. The largest absolute Gasteiger partial charge is 0.465 e. The van der Waals surface area contributed by atoms with E-state index in [2.05, 4.69) is 12.2 Å². The Hall–Kier alpha value is -0.570.